The molecule has 136 valence electrons. The molecule has 2 N–H and O–H groups in total. The fourth-order valence-corrected chi connectivity index (χ4v) is 2.67. The minimum absolute atomic E-state index is 0.0220. The van der Waals surface area contributed by atoms with Crippen LogP contribution in [0.25, 0.3) is 0 Å². The lowest BCUT2D eigenvalue weighted by molar-refractivity contribution is -0.141. The van der Waals surface area contributed by atoms with E-state index >= 15 is 0 Å². The second-order valence-corrected chi connectivity index (χ2v) is 6.41. The van der Waals surface area contributed by atoms with Crippen LogP contribution in [0.2, 0.25) is 5.02 Å². The number of anilines is 1. The molecule has 0 saturated carbocycles. The van der Waals surface area contributed by atoms with Crippen LogP contribution in [0, 0.1) is 11.7 Å². The van der Waals surface area contributed by atoms with E-state index in [1.54, 1.807) is 0 Å². The number of carboxylic acid groups (broad SMARTS) is 1. The zero-order valence-electron chi connectivity index (χ0n) is 13.8. The molecule has 1 fully saturated rings. The van der Waals surface area contributed by atoms with Crippen LogP contribution in [0.4, 0.5) is 14.9 Å². The van der Waals surface area contributed by atoms with Crippen LogP contribution < -0.4 is 10.2 Å². The van der Waals surface area contributed by atoms with Gasteiger partial charge in [-0.2, -0.15) is 0 Å². The number of aliphatic carboxylic acids is 1. The largest absolute Gasteiger partial charge is 0.481 e. The number of urea groups is 1. The average molecular weight is 372 g/mol. The summed E-state index contributed by atoms with van der Waals surface area (Å²) in [5.41, 5.74) is 0.372. The van der Waals surface area contributed by atoms with E-state index in [0.717, 1.165) is 0 Å². The van der Waals surface area contributed by atoms with Gasteiger partial charge < -0.3 is 20.2 Å². The zero-order valence-corrected chi connectivity index (χ0v) is 14.6. The first-order valence-corrected chi connectivity index (χ1v) is 8.09. The van der Waals surface area contributed by atoms with E-state index in [1.807, 2.05) is 0 Å². The third kappa shape index (κ3) is 4.39. The molecule has 1 heterocycles. The van der Waals surface area contributed by atoms with E-state index in [9.17, 15) is 18.8 Å². The highest BCUT2D eigenvalue weighted by Crippen LogP contribution is 2.25. The van der Waals surface area contributed by atoms with Gasteiger partial charge >= 0.3 is 12.0 Å². The molecule has 0 aromatic heterocycles. The molecule has 2 rings (SSSR count). The Morgan fingerprint density at radius 3 is 2.80 bits per heavy atom. The van der Waals surface area contributed by atoms with Crippen molar-refractivity contribution in [2.75, 3.05) is 25.0 Å². The fourth-order valence-electron chi connectivity index (χ4n) is 2.55. The second kappa shape index (κ2) is 7.69. The van der Waals surface area contributed by atoms with E-state index in [-0.39, 0.29) is 17.5 Å². The van der Waals surface area contributed by atoms with Gasteiger partial charge in [0.15, 0.2) is 0 Å². The lowest BCUT2D eigenvalue weighted by Crippen LogP contribution is -2.48. The van der Waals surface area contributed by atoms with E-state index in [1.165, 1.54) is 42.0 Å². The molecule has 7 nitrogen and oxygen atoms in total. The number of rotatable bonds is 5. The lowest BCUT2D eigenvalue weighted by atomic mass is 10.2. The summed E-state index contributed by atoms with van der Waals surface area (Å²) in [4.78, 5) is 38.0. The molecule has 9 heteroatoms. The normalized spacial score (nSPS) is 18.2. The highest BCUT2D eigenvalue weighted by molar-refractivity contribution is 6.30. The van der Waals surface area contributed by atoms with Crippen molar-refractivity contribution in [2.45, 2.75) is 19.4 Å². The number of carbonyl (C=O) groups is 3. The minimum atomic E-state index is -1.01. The average Bonchev–Trinajstić information content (AvgIpc) is 2.90. The summed E-state index contributed by atoms with van der Waals surface area (Å²) in [6.45, 7) is 1.85. The molecular formula is C16H19ClFN3O4. The predicted molar refractivity (Wildman–Crippen MR) is 90.1 cm³/mol. The topological polar surface area (TPSA) is 90.0 Å². The first-order chi connectivity index (χ1) is 11.7. The Hall–Kier alpha value is -2.35. The summed E-state index contributed by atoms with van der Waals surface area (Å²) in [6.07, 6.45) is 0.372. The van der Waals surface area contributed by atoms with Crippen LogP contribution in [0.15, 0.2) is 18.2 Å². The molecular weight excluding hydrogens is 353 g/mol. The van der Waals surface area contributed by atoms with Crippen molar-refractivity contribution < 1.29 is 23.9 Å². The van der Waals surface area contributed by atoms with Crippen LogP contribution in [0.3, 0.4) is 0 Å². The first kappa shape index (κ1) is 19.0. The number of nitrogens with zero attached hydrogens (tertiary/aromatic N) is 2. The van der Waals surface area contributed by atoms with Gasteiger partial charge in [-0.05, 0) is 24.6 Å². The van der Waals surface area contributed by atoms with Crippen molar-refractivity contribution in [2.24, 2.45) is 5.92 Å². The number of halogens is 2. The molecule has 25 heavy (non-hydrogen) atoms. The number of carboxylic acids is 1. The van der Waals surface area contributed by atoms with Crippen molar-refractivity contribution in [1.82, 2.24) is 10.2 Å². The molecule has 2 unspecified atom stereocenters. The summed E-state index contributed by atoms with van der Waals surface area (Å²) < 4.78 is 13.6. The molecule has 2 atom stereocenters. The van der Waals surface area contributed by atoms with E-state index in [0.29, 0.717) is 18.7 Å². The van der Waals surface area contributed by atoms with Crippen molar-refractivity contribution in [3.63, 3.8) is 0 Å². The Balaban J connectivity index is 1.98. The molecule has 0 spiro atoms. The van der Waals surface area contributed by atoms with Gasteiger partial charge in [0.25, 0.3) is 0 Å². The van der Waals surface area contributed by atoms with Crippen LogP contribution >= 0.6 is 11.6 Å². The second-order valence-electron chi connectivity index (χ2n) is 6.00. The molecule has 0 bridgehead atoms. The van der Waals surface area contributed by atoms with Gasteiger partial charge in [0, 0.05) is 25.8 Å². The number of hydrogen-bond acceptors (Lipinski definition) is 3. The van der Waals surface area contributed by atoms with Gasteiger partial charge in [0.1, 0.15) is 11.9 Å². The van der Waals surface area contributed by atoms with E-state index in [4.69, 9.17) is 16.7 Å². The third-order valence-corrected chi connectivity index (χ3v) is 4.34. The van der Waals surface area contributed by atoms with Crippen molar-refractivity contribution in [3.05, 3.63) is 29.0 Å². The Kier molecular flexibility index (Phi) is 5.84. The number of hydrogen-bond donors (Lipinski definition) is 2. The summed E-state index contributed by atoms with van der Waals surface area (Å²) in [5, 5.41) is 11.4. The molecule has 1 aliphatic heterocycles. The van der Waals surface area contributed by atoms with Gasteiger partial charge in [-0.25, -0.2) is 9.18 Å². The zero-order chi connectivity index (χ0) is 18.7. The predicted octanol–water partition coefficient (Wildman–Crippen LogP) is 1.95. The Bertz CT molecular complexity index is 700. The molecule has 1 aliphatic rings. The van der Waals surface area contributed by atoms with E-state index in [2.05, 4.69) is 5.32 Å². The van der Waals surface area contributed by atoms with Crippen LogP contribution in [-0.4, -0.2) is 54.1 Å². The SMILES string of the molecule is CC(CN(C)C(=O)NC1CCN(c2ccc(Cl)c(F)c2)C1=O)C(=O)O. The fraction of sp³-hybridized carbons (Fsp3) is 0.438. The number of amides is 3. The van der Waals surface area contributed by atoms with Gasteiger partial charge in [-0.15, -0.1) is 0 Å². The lowest BCUT2D eigenvalue weighted by Gasteiger charge is -2.22. The van der Waals surface area contributed by atoms with Gasteiger partial charge in [-0.3, -0.25) is 9.59 Å². The van der Waals surface area contributed by atoms with Crippen molar-refractivity contribution in [1.29, 1.82) is 0 Å². The maximum absolute atomic E-state index is 13.6. The highest BCUT2D eigenvalue weighted by atomic mass is 35.5. The minimum Gasteiger partial charge on any atom is -0.481 e. The Morgan fingerprint density at radius 2 is 2.20 bits per heavy atom. The maximum atomic E-state index is 13.6. The molecule has 3 amide bonds. The maximum Gasteiger partial charge on any atom is 0.317 e. The number of carbonyl (C=O) groups excluding carboxylic acids is 2. The van der Waals surface area contributed by atoms with Gasteiger partial charge in [0.2, 0.25) is 5.91 Å². The molecule has 1 aromatic carbocycles. The molecule has 1 saturated heterocycles. The van der Waals surface area contributed by atoms with Crippen molar-refractivity contribution >= 4 is 35.2 Å². The van der Waals surface area contributed by atoms with Crippen LogP contribution in [0.1, 0.15) is 13.3 Å². The Labute approximate surface area is 149 Å². The number of benzene rings is 1. The van der Waals surface area contributed by atoms with Crippen LogP contribution in [-0.2, 0) is 9.59 Å². The van der Waals surface area contributed by atoms with E-state index < -0.39 is 29.8 Å². The van der Waals surface area contributed by atoms with Gasteiger partial charge in [-0.1, -0.05) is 18.5 Å². The quantitative estimate of drug-likeness (QED) is 0.827. The summed E-state index contributed by atoms with van der Waals surface area (Å²) in [6, 6.07) is 2.80. The Morgan fingerprint density at radius 1 is 1.52 bits per heavy atom. The third-order valence-electron chi connectivity index (χ3n) is 4.03. The first-order valence-electron chi connectivity index (χ1n) is 7.71. The van der Waals surface area contributed by atoms with Crippen molar-refractivity contribution in [3.8, 4) is 0 Å². The molecule has 0 aliphatic carbocycles. The molecule has 1 aromatic rings. The summed E-state index contributed by atoms with van der Waals surface area (Å²) in [5.74, 6) is -2.70. The van der Waals surface area contributed by atoms with Crippen LogP contribution in [0.5, 0.6) is 0 Å². The molecule has 0 radical (unpaired) electrons. The smallest absolute Gasteiger partial charge is 0.317 e. The monoisotopic (exact) mass is 371 g/mol. The van der Waals surface area contributed by atoms with Gasteiger partial charge in [0.05, 0.1) is 10.9 Å². The summed E-state index contributed by atoms with van der Waals surface area (Å²) >= 11 is 5.64. The number of nitrogens with one attached hydrogen (secondary N) is 1. The summed E-state index contributed by atoms with van der Waals surface area (Å²) in [7, 11) is 1.46. The highest BCUT2D eigenvalue weighted by Gasteiger charge is 2.34. The standard InChI is InChI=1S/C16H19ClFN3O4/c1-9(15(23)24)8-20(2)16(25)19-13-5-6-21(14(13)22)10-3-4-11(17)12(18)7-10/h3-4,7,9,13H,5-6,8H2,1-2H3,(H,19,25)(H,23,24).